The molecular weight excluding hydrogens is 153 g/mol. The lowest BCUT2D eigenvalue weighted by Gasteiger charge is -2.08. The van der Waals surface area contributed by atoms with Crippen LogP contribution in [-0.4, -0.2) is 19.8 Å². The first-order chi connectivity index (χ1) is 5.66. The molecule has 76 valence electrons. The van der Waals surface area contributed by atoms with Crippen LogP contribution < -0.4 is 5.32 Å². The molecule has 0 saturated heterocycles. The second-order valence-electron chi connectivity index (χ2n) is 3.13. The van der Waals surface area contributed by atoms with Crippen LogP contribution in [0.2, 0.25) is 0 Å². The summed E-state index contributed by atoms with van der Waals surface area (Å²) in [6, 6.07) is 0. The van der Waals surface area contributed by atoms with Crippen molar-refractivity contribution in [3.05, 3.63) is 0 Å². The first-order valence-corrected chi connectivity index (χ1v) is 4.95. The summed E-state index contributed by atoms with van der Waals surface area (Å²) < 4.78 is 12.7. The van der Waals surface area contributed by atoms with Gasteiger partial charge in [0.1, 0.15) is 6.17 Å². The molecule has 0 fully saturated rings. The van der Waals surface area contributed by atoms with Crippen molar-refractivity contribution in [1.29, 1.82) is 0 Å². The monoisotopic (exact) mass is 177 g/mol. The third kappa shape index (κ3) is 12.6. The van der Waals surface area contributed by atoms with Gasteiger partial charge in [0.05, 0.1) is 0 Å². The number of hydrogen-bond donors (Lipinski definition) is 1. The maximum atomic E-state index is 12.7. The Labute approximate surface area is 76.7 Å². The van der Waals surface area contributed by atoms with Crippen molar-refractivity contribution in [2.45, 2.75) is 46.7 Å². The Kier molecular flexibility index (Phi) is 13.1. The minimum Gasteiger partial charge on any atom is -0.317 e. The molecule has 0 radical (unpaired) electrons. The minimum atomic E-state index is -0.660. The highest BCUT2D eigenvalue weighted by molar-refractivity contribution is 4.59. The highest BCUT2D eigenvalue weighted by Gasteiger charge is 2.04. The number of hydrogen-bond acceptors (Lipinski definition) is 1. The molecule has 1 atom stereocenters. The summed E-state index contributed by atoms with van der Waals surface area (Å²) in [6.45, 7) is 8.73. The van der Waals surface area contributed by atoms with E-state index < -0.39 is 6.17 Å². The molecule has 1 unspecified atom stereocenters. The summed E-state index contributed by atoms with van der Waals surface area (Å²) in [6.07, 6.45) is 1.02. The number of alkyl halides is 1. The highest BCUT2D eigenvalue weighted by Crippen LogP contribution is 2.08. The summed E-state index contributed by atoms with van der Waals surface area (Å²) in [5, 5.41) is 2.82. The predicted molar refractivity (Wildman–Crippen MR) is 54.2 cm³/mol. The first kappa shape index (κ1) is 14.4. The van der Waals surface area contributed by atoms with Crippen molar-refractivity contribution < 1.29 is 4.39 Å². The molecule has 1 nitrogen and oxygen atoms in total. The normalized spacial score (nSPS) is 12.2. The Balaban J connectivity index is 0. The maximum absolute atomic E-state index is 12.7. The van der Waals surface area contributed by atoms with Crippen LogP contribution in [0.4, 0.5) is 4.39 Å². The Bertz CT molecular complexity index is 74.2. The topological polar surface area (TPSA) is 12.0 Å². The number of nitrogens with one attached hydrogen (secondary N) is 1. The van der Waals surface area contributed by atoms with Gasteiger partial charge in [-0.3, -0.25) is 0 Å². The highest BCUT2D eigenvalue weighted by atomic mass is 19.1. The molecule has 2 heteroatoms. The molecule has 0 aromatic rings. The second kappa shape index (κ2) is 10.9. The maximum Gasteiger partial charge on any atom is 0.112 e. The average molecular weight is 177 g/mol. The summed E-state index contributed by atoms with van der Waals surface area (Å²) in [7, 11) is 1.78. The van der Waals surface area contributed by atoms with Gasteiger partial charge < -0.3 is 5.32 Å². The van der Waals surface area contributed by atoms with Gasteiger partial charge in [-0.15, -0.1) is 0 Å². The molecule has 12 heavy (non-hydrogen) atoms. The molecular formula is C10H24FN. The number of halogens is 1. The molecule has 0 aromatic carbocycles. The molecule has 1 N–H and O–H groups in total. The predicted octanol–water partition coefficient (Wildman–Crippen LogP) is 3.01. The summed E-state index contributed by atoms with van der Waals surface area (Å²) >= 11 is 0. The van der Waals surface area contributed by atoms with Gasteiger partial charge in [0.25, 0.3) is 0 Å². The zero-order valence-corrected chi connectivity index (χ0v) is 9.15. The van der Waals surface area contributed by atoms with E-state index in [9.17, 15) is 4.39 Å². The molecule has 0 rings (SSSR count). The second-order valence-corrected chi connectivity index (χ2v) is 3.13. The van der Waals surface area contributed by atoms with Crippen molar-refractivity contribution in [3.63, 3.8) is 0 Å². The largest absolute Gasteiger partial charge is 0.317 e. The van der Waals surface area contributed by atoms with Crippen LogP contribution in [0.5, 0.6) is 0 Å². The van der Waals surface area contributed by atoms with Crippen LogP contribution in [0.3, 0.4) is 0 Å². The van der Waals surface area contributed by atoms with E-state index in [1.807, 2.05) is 13.8 Å². The van der Waals surface area contributed by atoms with E-state index in [2.05, 4.69) is 19.2 Å². The fraction of sp³-hybridized carbons (Fsp3) is 1.00. The zero-order chi connectivity index (χ0) is 9.98. The molecule has 0 aliphatic carbocycles. The average Bonchev–Trinajstić information content (AvgIpc) is 2.05. The lowest BCUT2D eigenvalue weighted by atomic mass is 10.1. The summed E-state index contributed by atoms with van der Waals surface area (Å²) in [5.74, 6) is 0.620. The van der Waals surface area contributed by atoms with Crippen molar-refractivity contribution in [2.75, 3.05) is 13.6 Å². The summed E-state index contributed by atoms with van der Waals surface area (Å²) in [4.78, 5) is 0. The van der Waals surface area contributed by atoms with E-state index in [1.54, 1.807) is 7.05 Å². The van der Waals surface area contributed by atoms with Crippen LogP contribution in [0.1, 0.15) is 40.5 Å². The van der Waals surface area contributed by atoms with Crippen LogP contribution in [0.15, 0.2) is 0 Å². The minimum absolute atomic E-state index is 0.493. The standard InChI is InChI=1S/C8H18FN.C2H6/c1-7(2)4-5-8(9)6-10-3;1-2/h7-8,10H,4-6H2,1-3H3;1-2H3. The van der Waals surface area contributed by atoms with Crippen LogP contribution >= 0.6 is 0 Å². The Morgan fingerprint density at radius 1 is 1.17 bits per heavy atom. The Hall–Kier alpha value is -0.110. The van der Waals surface area contributed by atoms with Gasteiger partial charge in [0.2, 0.25) is 0 Å². The first-order valence-electron chi connectivity index (χ1n) is 4.95. The van der Waals surface area contributed by atoms with Gasteiger partial charge in [-0.25, -0.2) is 4.39 Å². The molecule has 0 aliphatic rings. The fourth-order valence-electron chi connectivity index (χ4n) is 0.838. The van der Waals surface area contributed by atoms with E-state index in [0.29, 0.717) is 18.9 Å². The molecule has 0 heterocycles. The lowest BCUT2D eigenvalue weighted by Crippen LogP contribution is -2.19. The molecule has 0 aromatic heterocycles. The third-order valence-electron chi connectivity index (χ3n) is 1.48. The zero-order valence-electron chi connectivity index (χ0n) is 9.15. The van der Waals surface area contributed by atoms with E-state index in [4.69, 9.17) is 0 Å². The van der Waals surface area contributed by atoms with E-state index in [1.165, 1.54) is 0 Å². The van der Waals surface area contributed by atoms with E-state index >= 15 is 0 Å². The number of rotatable bonds is 5. The Morgan fingerprint density at radius 3 is 2.00 bits per heavy atom. The Morgan fingerprint density at radius 2 is 1.67 bits per heavy atom. The van der Waals surface area contributed by atoms with Crippen LogP contribution in [0, 0.1) is 5.92 Å². The van der Waals surface area contributed by atoms with Crippen molar-refractivity contribution in [2.24, 2.45) is 5.92 Å². The molecule has 0 bridgehead atoms. The van der Waals surface area contributed by atoms with E-state index in [0.717, 1.165) is 6.42 Å². The SMILES string of the molecule is CC.CNCC(F)CCC(C)C. The quantitative estimate of drug-likeness (QED) is 0.680. The molecule has 0 saturated carbocycles. The fourth-order valence-corrected chi connectivity index (χ4v) is 0.838. The van der Waals surface area contributed by atoms with Gasteiger partial charge in [-0.05, 0) is 25.8 Å². The smallest absolute Gasteiger partial charge is 0.112 e. The van der Waals surface area contributed by atoms with Gasteiger partial charge in [0, 0.05) is 6.54 Å². The van der Waals surface area contributed by atoms with Gasteiger partial charge in [-0.2, -0.15) is 0 Å². The van der Waals surface area contributed by atoms with Crippen molar-refractivity contribution >= 4 is 0 Å². The molecule has 0 amide bonds. The lowest BCUT2D eigenvalue weighted by molar-refractivity contribution is 0.289. The van der Waals surface area contributed by atoms with Gasteiger partial charge >= 0.3 is 0 Å². The van der Waals surface area contributed by atoms with Crippen LogP contribution in [0.25, 0.3) is 0 Å². The van der Waals surface area contributed by atoms with E-state index in [-0.39, 0.29) is 0 Å². The molecule has 0 spiro atoms. The van der Waals surface area contributed by atoms with Crippen molar-refractivity contribution in [3.8, 4) is 0 Å². The van der Waals surface area contributed by atoms with Crippen LogP contribution in [-0.2, 0) is 0 Å². The summed E-state index contributed by atoms with van der Waals surface area (Å²) in [5.41, 5.74) is 0. The third-order valence-corrected chi connectivity index (χ3v) is 1.48. The molecule has 0 aliphatic heterocycles. The van der Waals surface area contributed by atoms with Gasteiger partial charge in [-0.1, -0.05) is 27.7 Å². The van der Waals surface area contributed by atoms with Gasteiger partial charge in [0.15, 0.2) is 0 Å². The van der Waals surface area contributed by atoms with Crippen molar-refractivity contribution in [1.82, 2.24) is 5.32 Å².